The number of nitrogen functional groups attached to an aromatic ring is 1. The van der Waals surface area contributed by atoms with Gasteiger partial charge in [0.05, 0.1) is 30.6 Å². The number of carbonyl (C=O) groups is 1. The van der Waals surface area contributed by atoms with Crippen LogP contribution in [0.4, 0.5) is 11.8 Å². The van der Waals surface area contributed by atoms with E-state index in [1.807, 2.05) is 30.0 Å². The molecule has 0 aromatic carbocycles. The minimum Gasteiger partial charge on any atom is -0.496 e. The Morgan fingerprint density at radius 2 is 2.00 bits per heavy atom. The smallest absolute Gasteiger partial charge is 0.236 e. The Kier molecular flexibility index (Phi) is 6.49. The van der Waals surface area contributed by atoms with Gasteiger partial charge in [0.1, 0.15) is 10.8 Å². The van der Waals surface area contributed by atoms with Crippen LogP contribution in [0.5, 0.6) is 5.75 Å². The van der Waals surface area contributed by atoms with Crippen molar-refractivity contribution in [1.82, 2.24) is 30.2 Å². The van der Waals surface area contributed by atoms with Crippen molar-refractivity contribution in [3.05, 3.63) is 28.6 Å². The number of anilines is 2. The van der Waals surface area contributed by atoms with E-state index in [2.05, 4.69) is 39.1 Å². The van der Waals surface area contributed by atoms with Crippen LogP contribution >= 0.6 is 11.8 Å². The number of thioether (sulfide) groups is 1. The third kappa shape index (κ3) is 4.41. The van der Waals surface area contributed by atoms with E-state index in [9.17, 15) is 4.79 Å². The molecular formula is C24H34N8O2S. The van der Waals surface area contributed by atoms with Gasteiger partial charge in [-0.1, -0.05) is 11.8 Å². The molecule has 3 aliphatic rings. The van der Waals surface area contributed by atoms with Crippen molar-refractivity contribution in [2.24, 2.45) is 0 Å². The monoisotopic (exact) mass is 498 g/mol. The van der Waals surface area contributed by atoms with Crippen LogP contribution in [0, 0.1) is 13.8 Å². The summed E-state index contributed by atoms with van der Waals surface area (Å²) in [5.41, 5.74) is 13.6. The molecular weight excluding hydrogens is 464 g/mol. The summed E-state index contributed by atoms with van der Waals surface area (Å²) >= 11 is 1.52. The topological polar surface area (TPSA) is 113 Å². The number of pyridine rings is 1. The van der Waals surface area contributed by atoms with E-state index in [1.54, 1.807) is 7.11 Å². The van der Waals surface area contributed by atoms with E-state index in [0.29, 0.717) is 19.0 Å². The summed E-state index contributed by atoms with van der Waals surface area (Å²) in [5.74, 6) is 2.01. The average molecular weight is 499 g/mol. The highest BCUT2D eigenvalue weighted by atomic mass is 32.2. The molecule has 2 atom stereocenters. The van der Waals surface area contributed by atoms with E-state index in [-0.39, 0.29) is 23.1 Å². The van der Waals surface area contributed by atoms with Crippen molar-refractivity contribution < 1.29 is 9.53 Å². The molecule has 1 saturated heterocycles. The summed E-state index contributed by atoms with van der Waals surface area (Å²) in [5, 5.41) is 2.58. The van der Waals surface area contributed by atoms with Gasteiger partial charge in [-0.25, -0.2) is 10.4 Å². The number of ether oxygens (including phenoxy) is 1. The van der Waals surface area contributed by atoms with E-state index < -0.39 is 0 Å². The summed E-state index contributed by atoms with van der Waals surface area (Å²) in [7, 11) is 1.68. The zero-order chi connectivity index (χ0) is 24.9. The van der Waals surface area contributed by atoms with Crippen LogP contribution in [0.2, 0.25) is 0 Å². The first-order valence-corrected chi connectivity index (χ1v) is 13.0. The van der Waals surface area contributed by atoms with Crippen molar-refractivity contribution >= 4 is 29.4 Å². The second-order valence-corrected chi connectivity index (χ2v) is 10.9. The highest BCUT2D eigenvalue weighted by molar-refractivity contribution is 8.00. The fraction of sp³-hybridized carbons (Fsp3) is 0.583. The number of hydrogen-bond donors (Lipinski definition) is 2. The standard InChI is InChI=1S/C24H34N8O2S/c1-13(2)30-6-8-31(9-7-30)23(33)18-10-16-19-21(27-24(25)28-22(19)35-18)32(29-16)12-17-15(4)20(34-5)14(3)11-26-17/h11,13,16,18,29H,6-10,12H2,1-5H3,(H2,25,27,28). The summed E-state index contributed by atoms with van der Waals surface area (Å²) in [6.45, 7) is 12.3. The van der Waals surface area contributed by atoms with Crippen LogP contribution in [0.1, 0.15) is 48.7 Å². The predicted molar refractivity (Wildman–Crippen MR) is 136 cm³/mol. The minimum absolute atomic E-state index is 0.0413. The van der Waals surface area contributed by atoms with Crippen molar-refractivity contribution in [2.75, 3.05) is 44.0 Å². The number of nitrogens with two attached hydrogens (primary N) is 1. The maximum atomic E-state index is 13.5. The molecule has 188 valence electrons. The molecule has 0 saturated carbocycles. The number of aromatic nitrogens is 3. The van der Waals surface area contributed by atoms with E-state index >= 15 is 0 Å². The van der Waals surface area contributed by atoms with E-state index in [0.717, 1.165) is 65.2 Å². The molecule has 10 nitrogen and oxygen atoms in total. The third-order valence-electron chi connectivity index (χ3n) is 7.22. The van der Waals surface area contributed by atoms with Crippen molar-refractivity contribution in [1.29, 1.82) is 0 Å². The number of nitrogens with one attached hydrogen (secondary N) is 1. The Labute approximate surface area is 210 Å². The summed E-state index contributed by atoms with van der Waals surface area (Å²) < 4.78 is 5.59. The molecule has 0 aliphatic carbocycles. The van der Waals surface area contributed by atoms with Crippen LogP contribution in [-0.2, 0) is 11.3 Å². The molecule has 2 aromatic rings. The quantitative estimate of drug-likeness (QED) is 0.594. The Hall–Kier alpha value is -2.63. The number of amides is 1. The molecule has 3 N–H and O–H groups in total. The van der Waals surface area contributed by atoms with Gasteiger partial charge in [-0.3, -0.25) is 19.7 Å². The number of aryl methyl sites for hydroxylation is 1. The van der Waals surface area contributed by atoms with Gasteiger partial charge in [0, 0.05) is 55.1 Å². The SMILES string of the molecule is COc1c(C)cnc(CN2NC3CC(C(=O)N4CCN(C(C)C)CC4)Sc4nc(N)nc2c43)c1C. The van der Waals surface area contributed by atoms with Crippen molar-refractivity contribution in [2.45, 2.75) is 63.0 Å². The Morgan fingerprint density at radius 3 is 2.69 bits per heavy atom. The molecule has 1 amide bonds. The Morgan fingerprint density at radius 1 is 1.26 bits per heavy atom. The largest absolute Gasteiger partial charge is 0.496 e. The average Bonchev–Trinajstić information content (AvgIpc) is 3.18. The third-order valence-corrected chi connectivity index (χ3v) is 8.43. The molecule has 1 fully saturated rings. The first-order valence-electron chi connectivity index (χ1n) is 12.2. The second-order valence-electron chi connectivity index (χ2n) is 9.74. The van der Waals surface area contributed by atoms with Gasteiger partial charge in [0.25, 0.3) is 0 Å². The van der Waals surface area contributed by atoms with E-state index in [4.69, 9.17) is 10.5 Å². The molecule has 0 radical (unpaired) electrons. The Balaban J connectivity index is 1.36. The van der Waals surface area contributed by atoms with Crippen LogP contribution in [-0.4, -0.2) is 75.2 Å². The van der Waals surface area contributed by atoms with Gasteiger partial charge in [-0.05, 0) is 34.1 Å². The maximum absolute atomic E-state index is 13.5. The predicted octanol–water partition coefficient (Wildman–Crippen LogP) is 2.06. The van der Waals surface area contributed by atoms with Gasteiger partial charge in [0.15, 0.2) is 5.82 Å². The number of piperazine rings is 1. The molecule has 0 spiro atoms. The zero-order valence-electron chi connectivity index (χ0n) is 21.0. The highest BCUT2D eigenvalue weighted by Crippen LogP contribution is 2.48. The van der Waals surface area contributed by atoms with Gasteiger partial charge < -0.3 is 15.4 Å². The molecule has 2 aromatic heterocycles. The van der Waals surface area contributed by atoms with E-state index in [1.165, 1.54) is 11.8 Å². The molecule has 35 heavy (non-hydrogen) atoms. The fourth-order valence-electron chi connectivity index (χ4n) is 5.25. The minimum atomic E-state index is -0.202. The highest BCUT2D eigenvalue weighted by Gasteiger charge is 2.43. The normalized spacial score (nSPS) is 22.0. The molecule has 5 heterocycles. The first-order chi connectivity index (χ1) is 16.8. The second kappa shape index (κ2) is 9.44. The Bertz CT molecular complexity index is 1130. The number of carbonyl (C=O) groups excluding carboxylic acids is 1. The molecule has 0 bridgehead atoms. The first kappa shape index (κ1) is 24.1. The van der Waals surface area contributed by atoms with Gasteiger partial charge in [-0.15, -0.1) is 0 Å². The van der Waals surface area contributed by atoms with Gasteiger partial charge in [0.2, 0.25) is 11.9 Å². The fourth-order valence-corrected chi connectivity index (χ4v) is 6.56. The van der Waals surface area contributed by atoms with Crippen LogP contribution in [0.15, 0.2) is 11.2 Å². The molecule has 5 rings (SSSR count). The lowest BCUT2D eigenvalue weighted by molar-refractivity contribution is -0.132. The van der Waals surface area contributed by atoms with Gasteiger partial charge >= 0.3 is 0 Å². The lowest BCUT2D eigenvalue weighted by atomic mass is 10.0. The van der Waals surface area contributed by atoms with Gasteiger partial charge in [-0.2, -0.15) is 4.98 Å². The molecule has 3 aliphatic heterocycles. The summed E-state index contributed by atoms with van der Waals surface area (Å²) in [6.07, 6.45) is 2.51. The summed E-state index contributed by atoms with van der Waals surface area (Å²) in [4.78, 5) is 31.6. The number of hydrazine groups is 1. The number of hydrogen-bond acceptors (Lipinski definition) is 10. The van der Waals surface area contributed by atoms with Crippen molar-refractivity contribution in [3.8, 4) is 5.75 Å². The lowest BCUT2D eigenvalue weighted by Gasteiger charge is -2.39. The number of methoxy groups -OCH3 is 1. The number of nitrogens with zero attached hydrogens (tertiary/aromatic N) is 6. The number of rotatable bonds is 5. The molecule has 11 heteroatoms. The van der Waals surface area contributed by atoms with Crippen molar-refractivity contribution in [3.63, 3.8) is 0 Å². The van der Waals surface area contributed by atoms with Crippen LogP contribution < -0.4 is 20.9 Å². The summed E-state index contributed by atoms with van der Waals surface area (Å²) in [6, 6.07) is 0.460. The maximum Gasteiger partial charge on any atom is 0.236 e. The zero-order valence-corrected chi connectivity index (χ0v) is 21.9. The van der Waals surface area contributed by atoms with Crippen LogP contribution in [0.3, 0.4) is 0 Å². The molecule has 2 unspecified atom stereocenters. The van der Waals surface area contributed by atoms with Crippen LogP contribution in [0.25, 0.3) is 0 Å². The lowest BCUT2D eigenvalue weighted by Crippen LogP contribution is -2.53.